The Labute approximate surface area is 138 Å². The molecule has 2 saturated heterocycles. The Bertz CT molecular complexity index is 549. The molecular weight excluding hydrogens is 290 g/mol. The predicted octanol–water partition coefficient (Wildman–Crippen LogP) is 2.64. The smallest absolute Gasteiger partial charge is 0.317 e. The number of hydrogen-bond donors (Lipinski definition) is 1. The minimum Gasteiger partial charge on any atom is -0.496 e. The van der Waals surface area contributed by atoms with Gasteiger partial charge in [-0.05, 0) is 32.4 Å². The van der Waals surface area contributed by atoms with Gasteiger partial charge in [0.25, 0.3) is 0 Å². The highest BCUT2D eigenvalue weighted by Gasteiger charge is 2.31. The van der Waals surface area contributed by atoms with Gasteiger partial charge in [0.2, 0.25) is 0 Å². The molecule has 3 rings (SSSR count). The molecule has 2 aliphatic rings. The Hall–Kier alpha value is -1.75. The number of benzene rings is 1. The van der Waals surface area contributed by atoms with Crippen LogP contribution in [0.3, 0.4) is 0 Å². The molecule has 5 nitrogen and oxygen atoms in total. The van der Waals surface area contributed by atoms with E-state index in [1.807, 2.05) is 36.1 Å². The van der Waals surface area contributed by atoms with Crippen LogP contribution in [0.4, 0.5) is 4.79 Å². The quantitative estimate of drug-likeness (QED) is 0.932. The van der Waals surface area contributed by atoms with Crippen molar-refractivity contribution in [2.45, 2.75) is 38.3 Å². The minimum atomic E-state index is -0.0666. The topological polar surface area (TPSA) is 44.8 Å². The molecule has 0 unspecified atom stereocenters. The number of fused-ring (bicyclic) bond motifs is 1. The second kappa shape index (κ2) is 7.21. The van der Waals surface area contributed by atoms with E-state index in [9.17, 15) is 4.79 Å². The number of amides is 2. The molecule has 2 heterocycles. The standard InChI is InChI=1S/C18H27N3O2/c1-14(16-8-3-4-9-17(16)23-2)19-18(22)21-12-11-20-10-6-5-7-15(20)13-21/h3-4,8-9,14-15H,5-7,10-13H2,1-2H3,(H,19,22)/t14-,15-/m0/s1. The molecule has 0 saturated carbocycles. The number of carbonyl (C=O) groups excluding carboxylic acids is 1. The van der Waals surface area contributed by atoms with Crippen molar-refractivity contribution in [1.82, 2.24) is 15.1 Å². The highest BCUT2D eigenvalue weighted by molar-refractivity contribution is 5.75. The van der Waals surface area contributed by atoms with Gasteiger partial charge in [-0.3, -0.25) is 4.90 Å². The fraction of sp³-hybridized carbons (Fsp3) is 0.611. The summed E-state index contributed by atoms with van der Waals surface area (Å²) in [7, 11) is 1.66. The first-order valence-corrected chi connectivity index (χ1v) is 8.61. The zero-order chi connectivity index (χ0) is 16.2. The van der Waals surface area contributed by atoms with Gasteiger partial charge in [-0.2, -0.15) is 0 Å². The third-order valence-electron chi connectivity index (χ3n) is 5.07. The van der Waals surface area contributed by atoms with Crippen LogP contribution in [0.1, 0.15) is 37.8 Å². The van der Waals surface area contributed by atoms with Gasteiger partial charge in [0.05, 0.1) is 13.2 Å². The molecule has 2 fully saturated rings. The third kappa shape index (κ3) is 3.61. The van der Waals surface area contributed by atoms with Gasteiger partial charge in [-0.15, -0.1) is 0 Å². The molecule has 0 aromatic heterocycles. The number of ether oxygens (including phenoxy) is 1. The summed E-state index contributed by atoms with van der Waals surface area (Å²) >= 11 is 0. The molecule has 0 aliphatic carbocycles. The first-order chi connectivity index (χ1) is 11.2. The average molecular weight is 317 g/mol. The van der Waals surface area contributed by atoms with E-state index in [2.05, 4.69) is 10.2 Å². The molecule has 2 atom stereocenters. The third-order valence-corrected chi connectivity index (χ3v) is 5.07. The van der Waals surface area contributed by atoms with Crippen LogP contribution in [0.2, 0.25) is 0 Å². The SMILES string of the molecule is COc1ccccc1[C@H](C)NC(=O)N1CCN2CCCC[C@H]2C1. The molecule has 0 radical (unpaired) electrons. The Kier molecular flexibility index (Phi) is 5.06. The van der Waals surface area contributed by atoms with Crippen molar-refractivity contribution >= 4 is 6.03 Å². The monoisotopic (exact) mass is 317 g/mol. The van der Waals surface area contributed by atoms with Crippen LogP contribution in [-0.4, -0.2) is 55.2 Å². The lowest BCUT2D eigenvalue weighted by molar-refractivity contribution is 0.0637. The number of piperidine rings is 1. The number of urea groups is 1. The Morgan fingerprint density at radius 2 is 2.09 bits per heavy atom. The normalized spacial score (nSPS) is 23.0. The van der Waals surface area contributed by atoms with Crippen LogP contribution in [0.25, 0.3) is 0 Å². The van der Waals surface area contributed by atoms with E-state index in [0.29, 0.717) is 6.04 Å². The zero-order valence-corrected chi connectivity index (χ0v) is 14.1. The summed E-state index contributed by atoms with van der Waals surface area (Å²) in [6, 6.07) is 8.36. The van der Waals surface area contributed by atoms with Crippen LogP contribution >= 0.6 is 0 Å². The van der Waals surface area contributed by atoms with E-state index in [1.165, 1.54) is 25.8 Å². The van der Waals surface area contributed by atoms with Crippen molar-refractivity contribution in [2.24, 2.45) is 0 Å². The average Bonchev–Trinajstić information content (AvgIpc) is 2.61. The highest BCUT2D eigenvalue weighted by Crippen LogP contribution is 2.25. The van der Waals surface area contributed by atoms with Gasteiger partial charge >= 0.3 is 6.03 Å². The van der Waals surface area contributed by atoms with Gasteiger partial charge in [0.1, 0.15) is 5.75 Å². The molecule has 0 spiro atoms. The van der Waals surface area contributed by atoms with Crippen LogP contribution in [0, 0.1) is 0 Å². The maximum absolute atomic E-state index is 12.6. The molecule has 5 heteroatoms. The van der Waals surface area contributed by atoms with Crippen molar-refractivity contribution in [3.8, 4) is 5.75 Å². The predicted molar refractivity (Wildman–Crippen MR) is 90.7 cm³/mol. The molecule has 0 bridgehead atoms. The maximum Gasteiger partial charge on any atom is 0.317 e. The van der Waals surface area contributed by atoms with E-state index in [1.54, 1.807) is 7.11 Å². The van der Waals surface area contributed by atoms with E-state index >= 15 is 0 Å². The summed E-state index contributed by atoms with van der Waals surface area (Å²) in [5.41, 5.74) is 1.01. The van der Waals surface area contributed by atoms with E-state index < -0.39 is 0 Å². The molecule has 2 amide bonds. The van der Waals surface area contributed by atoms with Crippen molar-refractivity contribution in [2.75, 3.05) is 33.3 Å². The van der Waals surface area contributed by atoms with E-state index in [0.717, 1.165) is 30.9 Å². The van der Waals surface area contributed by atoms with Crippen molar-refractivity contribution in [3.05, 3.63) is 29.8 Å². The Morgan fingerprint density at radius 3 is 2.91 bits per heavy atom. The number of methoxy groups -OCH3 is 1. The summed E-state index contributed by atoms with van der Waals surface area (Å²) in [4.78, 5) is 17.1. The minimum absolute atomic E-state index is 0.0358. The van der Waals surface area contributed by atoms with Crippen molar-refractivity contribution in [1.29, 1.82) is 0 Å². The molecule has 1 aromatic rings. The Morgan fingerprint density at radius 1 is 1.26 bits per heavy atom. The lowest BCUT2D eigenvalue weighted by Gasteiger charge is -2.44. The van der Waals surface area contributed by atoms with E-state index in [-0.39, 0.29) is 12.1 Å². The van der Waals surface area contributed by atoms with Crippen LogP contribution in [-0.2, 0) is 0 Å². The summed E-state index contributed by atoms with van der Waals surface area (Å²) < 4.78 is 5.39. The first-order valence-electron chi connectivity index (χ1n) is 8.61. The number of nitrogens with zero attached hydrogens (tertiary/aromatic N) is 2. The molecule has 126 valence electrons. The van der Waals surface area contributed by atoms with Crippen LogP contribution in [0.15, 0.2) is 24.3 Å². The fourth-order valence-corrected chi connectivity index (χ4v) is 3.72. The lowest BCUT2D eigenvalue weighted by atomic mass is 10.00. The van der Waals surface area contributed by atoms with Crippen LogP contribution < -0.4 is 10.1 Å². The van der Waals surface area contributed by atoms with Crippen molar-refractivity contribution in [3.63, 3.8) is 0 Å². The lowest BCUT2D eigenvalue weighted by Crippen LogP contribution is -2.58. The summed E-state index contributed by atoms with van der Waals surface area (Å²) in [6.45, 7) is 5.87. The molecule has 23 heavy (non-hydrogen) atoms. The van der Waals surface area contributed by atoms with Gasteiger partial charge in [0.15, 0.2) is 0 Å². The summed E-state index contributed by atoms with van der Waals surface area (Å²) in [5, 5.41) is 3.12. The van der Waals surface area contributed by atoms with Gasteiger partial charge in [-0.25, -0.2) is 4.79 Å². The number of hydrogen-bond acceptors (Lipinski definition) is 3. The number of carbonyl (C=O) groups is 1. The van der Waals surface area contributed by atoms with Gasteiger partial charge in [-0.1, -0.05) is 24.6 Å². The number of piperazine rings is 1. The summed E-state index contributed by atoms with van der Waals surface area (Å²) in [5.74, 6) is 0.817. The van der Waals surface area contributed by atoms with Gasteiger partial charge in [0, 0.05) is 31.2 Å². The van der Waals surface area contributed by atoms with Crippen LogP contribution in [0.5, 0.6) is 5.75 Å². The number of para-hydroxylation sites is 1. The zero-order valence-electron chi connectivity index (χ0n) is 14.1. The number of rotatable bonds is 3. The second-order valence-corrected chi connectivity index (χ2v) is 6.54. The molecule has 1 N–H and O–H groups in total. The van der Waals surface area contributed by atoms with Crippen molar-refractivity contribution < 1.29 is 9.53 Å². The molecule has 1 aromatic carbocycles. The molecule has 2 aliphatic heterocycles. The highest BCUT2D eigenvalue weighted by atomic mass is 16.5. The first kappa shape index (κ1) is 16.1. The number of nitrogens with one attached hydrogen (secondary N) is 1. The van der Waals surface area contributed by atoms with E-state index in [4.69, 9.17) is 4.74 Å². The van der Waals surface area contributed by atoms with Gasteiger partial charge < -0.3 is 15.0 Å². The largest absolute Gasteiger partial charge is 0.496 e. The second-order valence-electron chi connectivity index (χ2n) is 6.54. The Balaban J connectivity index is 1.60. The maximum atomic E-state index is 12.6. The summed E-state index contributed by atoms with van der Waals surface area (Å²) in [6.07, 6.45) is 3.80. The molecular formula is C18H27N3O2. The fourth-order valence-electron chi connectivity index (χ4n) is 3.72.